The minimum atomic E-state index is -0.661. The van der Waals surface area contributed by atoms with Gasteiger partial charge in [-0.2, -0.15) is 0 Å². The maximum absolute atomic E-state index is 12.0. The van der Waals surface area contributed by atoms with Crippen LogP contribution in [0.15, 0.2) is 28.7 Å². The molecule has 2 rings (SSSR count). The second-order valence-electron chi connectivity index (χ2n) is 5.15. The molecule has 0 saturated heterocycles. The van der Waals surface area contributed by atoms with Crippen LogP contribution in [0.25, 0.3) is 11.0 Å². The first-order valence-corrected chi connectivity index (χ1v) is 5.85. The topological polar surface area (TPSA) is 62.5 Å². The molecule has 0 aliphatic rings. The lowest BCUT2D eigenvalue weighted by atomic mass is 10.1. The second-order valence-corrected chi connectivity index (χ2v) is 5.15. The zero-order valence-electron chi connectivity index (χ0n) is 10.8. The van der Waals surface area contributed by atoms with Crippen LogP contribution in [0.2, 0.25) is 0 Å². The van der Waals surface area contributed by atoms with Crippen molar-refractivity contribution in [3.05, 3.63) is 35.6 Å². The van der Waals surface area contributed by atoms with Crippen molar-refractivity contribution in [3.63, 3.8) is 0 Å². The monoisotopic (exact) mass is 247 g/mol. The fourth-order valence-electron chi connectivity index (χ4n) is 1.66. The van der Waals surface area contributed by atoms with Crippen LogP contribution >= 0.6 is 0 Å². The average Bonchev–Trinajstić information content (AvgIpc) is 2.71. The van der Waals surface area contributed by atoms with E-state index in [2.05, 4.69) is 5.32 Å². The Morgan fingerprint density at radius 3 is 2.78 bits per heavy atom. The second kappa shape index (κ2) is 4.46. The summed E-state index contributed by atoms with van der Waals surface area (Å²) in [5, 5.41) is 12.7. The number of carbonyl (C=O) groups excluding carboxylic acids is 1. The first kappa shape index (κ1) is 12.6. The number of hydrogen-bond donors (Lipinski definition) is 2. The summed E-state index contributed by atoms with van der Waals surface area (Å²) >= 11 is 0. The Balaban J connectivity index is 2.28. The molecular weight excluding hydrogens is 230 g/mol. The molecule has 0 aliphatic heterocycles. The molecule has 2 aromatic rings. The smallest absolute Gasteiger partial charge is 0.287 e. The summed E-state index contributed by atoms with van der Waals surface area (Å²) in [6.07, 6.45) is 0. The van der Waals surface area contributed by atoms with Crippen molar-refractivity contribution in [2.24, 2.45) is 0 Å². The highest BCUT2D eigenvalue weighted by Crippen LogP contribution is 2.21. The van der Waals surface area contributed by atoms with E-state index in [0.29, 0.717) is 5.58 Å². The summed E-state index contributed by atoms with van der Waals surface area (Å²) in [7, 11) is 0. The highest BCUT2D eigenvalue weighted by Gasteiger charge is 2.22. The molecule has 0 unspecified atom stereocenters. The molecule has 1 aromatic heterocycles. The zero-order valence-corrected chi connectivity index (χ0v) is 10.8. The van der Waals surface area contributed by atoms with Gasteiger partial charge in [0.25, 0.3) is 5.91 Å². The van der Waals surface area contributed by atoms with Gasteiger partial charge in [-0.25, -0.2) is 0 Å². The van der Waals surface area contributed by atoms with Gasteiger partial charge in [-0.1, -0.05) is 12.1 Å². The molecule has 96 valence electrons. The van der Waals surface area contributed by atoms with E-state index in [1.165, 1.54) is 0 Å². The molecule has 0 fully saturated rings. The number of benzene rings is 1. The Labute approximate surface area is 106 Å². The first-order chi connectivity index (χ1) is 8.41. The van der Waals surface area contributed by atoms with Gasteiger partial charge >= 0.3 is 0 Å². The molecule has 4 nitrogen and oxygen atoms in total. The highest BCUT2D eigenvalue weighted by molar-refractivity contribution is 5.96. The molecule has 0 bridgehead atoms. The fraction of sp³-hybridized carbons (Fsp3) is 0.357. The SMILES string of the molecule is Cc1ccc2cc(C(=O)NC(C)(C)CO)oc2c1. The molecule has 4 heteroatoms. The molecular formula is C14H17NO3. The Bertz CT molecular complexity index is 584. The molecule has 1 aromatic carbocycles. The largest absolute Gasteiger partial charge is 0.451 e. The lowest BCUT2D eigenvalue weighted by Gasteiger charge is -2.22. The van der Waals surface area contributed by atoms with E-state index in [1.54, 1.807) is 19.9 Å². The number of aliphatic hydroxyl groups is 1. The molecule has 18 heavy (non-hydrogen) atoms. The van der Waals surface area contributed by atoms with Gasteiger partial charge in [-0.3, -0.25) is 4.79 Å². The first-order valence-electron chi connectivity index (χ1n) is 5.85. The van der Waals surface area contributed by atoms with Crippen LogP contribution in [-0.2, 0) is 0 Å². The van der Waals surface area contributed by atoms with E-state index in [1.807, 2.05) is 25.1 Å². The number of aliphatic hydroxyl groups excluding tert-OH is 1. The Morgan fingerprint density at radius 1 is 1.39 bits per heavy atom. The van der Waals surface area contributed by atoms with Crippen LogP contribution < -0.4 is 5.32 Å². The number of amides is 1. The molecule has 0 aliphatic carbocycles. The van der Waals surface area contributed by atoms with Crippen molar-refractivity contribution in [2.45, 2.75) is 26.3 Å². The van der Waals surface area contributed by atoms with Crippen LogP contribution in [0.4, 0.5) is 0 Å². The van der Waals surface area contributed by atoms with Gasteiger partial charge in [0.05, 0.1) is 12.1 Å². The summed E-state index contributed by atoms with van der Waals surface area (Å²) in [6, 6.07) is 7.49. The predicted molar refractivity (Wildman–Crippen MR) is 69.6 cm³/mol. The molecule has 0 spiro atoms. The maximum Gasteiger partial charge on any atom is 0.287 e. The molecule has 1 amide bonds. The van der Waals surface area contributed by atoms with Gasteiger partial charge in [0.2, 0.25) is 0 Å². The van der Waals surface area contributed by atoms with E-state index in [0.717, 1.165) is 10.9 Å². The van der Waals surface area contributed by atoms with Crippen molar-refractivity contribution in [2.75, 3.05) is 6.61 Å². The number of fused-ring (bicyclic) bond motifs is 1. The molecule has 2 N–H and O–H groups in total. The number of carbonyl (C=O) groups is 1. The van der Waals surface area contributed by atoms with Gasteiger partial charge < -0.3 is 14.8 Å². The highest BCUT2D eigenvalue weighted by atomic mass is 16.3. The van der Waals surface area contributed by atoms with Crippen molar-refractivity contribution in [1.82, 2.24) is 5.32 Å². The van der Waals surface area contributed by atoms with Crippen molar-refractivity contribution < 1.29 is 14.3 Å². The van der Waals surface area contributed by atoms with Crippen molar-refractivity contribution >= 4 is 16.9 Å². The van der Waals surface area contributed by atoms with Crippen LogP contribution in [0.3, 0.4) is 0 Å². The Morgan fingerprint density at radius 2 is 2.11 bits per heavy atom. The van der Waals surface area contributed by atoms with Gasteiger partial charge in [-0.15, -0.1) is 0 Å². The summed E-state index contributed by atoms with van der Waals surface area (Å²) in [6.45, 7) is 5.34. The normalized spacial score (nSPS) is 11.8. The lowest BCUT2D eigenvalue weighted by molar-refractivity contribution is 0.0843. The van der Waals surface area contributed by atoms with Crippen molar-refractivity contribution in [3.8, 4) is 0 Å². The number of furan rings is 1. The summed E-state index contributed by atoms with van der Waals surface area (Å²) in [5.41, 5.74) is 1.12. The van der Waals surface area contributed by atoms with Gasteiger partial charge in [0, 0.05) is 5.39 Å². The molecule has 0 radical (unpaired) electrons. The van der Waals surface area contributed by atoms with Crippen LogP contribution in [0.5, 0.6) is 0 Å². The Kier molecular flexibility index (Phi) is 3.13. The third-order valence-electron chi connectivity index (χ3n) is 2.75. The number of rotatable bonds is 3. The summed E-state index contributed by atoms with van der Waals surface area (Å²) in [5.74, 6) is -0.0555. The summed E-state index contributed by atoms with van der Waals surface area (Å²) < 4.78 is 5.51. The quantitative estimate of drug-likeness (QED) is 0.874. The van der Waals surface area contributed by atoms with E-state index in [9.17, 15) is 4.79 Å². The average molecular weight is 247 g/mol. The van der Waals surface area contributed by atoms with E-state index in [-0.39, 0.29) is 18.3 Å². The predicted octanol–water partition coefficient (Wildman–Crippen LogP) is 2.24. The van der Waals surface area contributed by atoms with Gasteiger partial charge in [0.1, 0.15) is 5.58 Å². The van der Waals surface area contributed by atoms with Gasteiger partial charge in [0.15, 0.2) is 5.76 Å². The third kappa shape index (κ3) is 2.54. The van der Waals surface area contributed by atoms with E-state index in [4.69, 9.17) is 9.52 Å². The fourth-order valence-corrected chi connectivity index (χ4v) is 1.66. The summed E-state index contributed by atoms with van der Waals surface area (Å²) in [4.78, 5) is 12.0. The minimum Gasteiger partial charge on any atom is -0.451 e. The third-order valence-corrected chi connectivity index (χ3v) is 2.75. The minimum absolute atomic E-state index is 0.127. The molecule has 0 atom stereocenters. The van der Waals surface area contributed by atoms with Crippen LogP contribution in [0.1, 0.15) is 30.0 Å². The van der Waals surface area contributed by atoms with Crippen molar-refractivity contribution in [1.29, 1.82) is 0 Å². The number of aryl methyl sites for hydroxylation is 1. The van der Waals surface area contributed by atoms with Gasteiger partial charge in [-0.05, 0) is 38.5 Å². The van der Waals surface area contributed by atoms with E-state index < -0.39 is 5.54 Å². The lowest BCUT2D eigenvalue weighted by Crippen LogP contribution is -2.46. The standard InChI is InChI=1S/C14H17NO3/c1-9-4-5-10-7-12(18-11(10)6-9)13(17)15-14(2,3)8-16/h4-7,16H,8H2,1-3H3,(H,15,17). The number of nitrogens with one attached hydrogen (secondary N) is 1. The maximum atomic E-state index is 12.0. The Hall–Kier alpha value is -1.81. The molecule has 1 heterocycles. The number of hydrogen-bond acceptors (Lipinski definition) is 3. The zero-order chi connectivity index (χ0) is 13.3. The van der Waals surface area contributed by atoms with Crippen LogP contribution in [0, 0.1) is 6.92 Å². The van der Waals surface area contributed by atoms with E-state index >= 15 is 0 Å². The molecule has 0 saturated carbocycles. The van der Waals surface area contributed by atoms with Crippen LogP contribution in [-0.4, -0.2) is 23.2 Å².